The first-order chi connectivity index (χ1) is 11.7. The minimum atomic E-state index is -4.38. The first-order valence-corrected chi connectivity index (χ1v) is 8.85. The molecular formula is C18H14F3NO2S. The third-order valence-electron chi connectivity index (χ3n) is 3.95. The predicted octanol–water partition coefficient (Wildman–Crippen LogP) is 4.43. The second-order valence-corrected chi connectivity index (χ2v) is 7.36. The van der Waals surface area contributed by atoms with E-state index in [2.05, 4.69) is 4.72 Å². The lowest BCUT2D eigenvalue weighted by Crippen LogP contribution is -2.18. The molecule has 0 atom stereocenters. The highest BCUT2D eigenvalue weighted by molar-refractivity contribution is 7.89. The molecule has 0 aliphatic rings. The number of sulfonamides is 1. The predicted molar refractivity (Wildman–Crippen MR) is 90.6 cm³/mol. The minimum absolute atomic E-state index is 0.132. The lowest BCUT2D eigenvalue weighted by molar-refractivity contribution is -0.137. The molecule has 0 aliphatic carbocycles. The average Bonchev–Trinajstić information content (AvgIpc) is 2.60. The van der Waals surface area contributed by atoms with Crippen molar-refractivity contribution in [1.82, 2.24) is 4.72 Å². The zero-order valence-electron chi connectivity index (χ0n) is 13.1. The van der Waals surface area contributed by atoms with Gasteiger partial charge in [0, 0.05) is 0 Å². The summed E-state index contributed by atoms with van der Waals surface area (Å²) in [6.45, 7) is 0. The molecule has 0 radical (unpaired) electrons. The molecule has 0 saturated carbocycles. The normalized spacial score (nSPS) is 12.5. The summed E-state index contributed by atoms with van der Waals surface area (Å²) < 4.78 is 64.2. The molecular weight excluding hydrogens is 351 g/mol. The lowest BCUT2D eigenvalue weighted by atomic mass is 9.97. The molecule has 0 bridgehead atoms. The minimum Gasteiger partial charge on any atom is -0.214 e. The van der Waals surface area contributed by atoms with E-state index in [4.69, 9.17) is 0 Å². The van der Waals surface area contributed by atoms with Crippen LogP contribution in [-0.2, 0) is 16.2 Å². The fourth-order valence-corrected chi connectivity index (χ4v) is 3.40. The topological polar surface area (TPSA) is 46.2 Å². The van der Waals surface area contributed by atoms with Gasteiger partial charge in [0.2, 0.25) is 10.0 Å². The third kappa shape index (κ3) is 3.38. The second kappa shape index (κ2) is 6.16. The van der Waals surface area contributed by atoms with Gasteiger partial charge in [0.15, 0.2) is 0 Å². The Morgan fingerprint density at radius 1 is 0.920 bits per heavy atom. The second-order valence-electron chi connectivity index (χ2n) is 5.47. The zero-order valence-corrected chi connectivity index (χ0v) is 13.9. The molecule has 0 saturated heterocycles. The summed E-state index contributed by atoms with van der Waals surface area (Å²) >= 11 is 0. The van der Waals surface area contributed by atoms with Crippen LogP contribution in [0.3, 0.4) is 0 Å². The van der Waals surface area contributed by atoms with E-state index >= 15 is 0 Å². The van der Waals surface area contributed by atoms with Gasteiger partial charge >= 0.3 is 6.18 Å². The molecule has 0 unspecified atom stereocenters. The monoisotopic (exact) mass is 365 g/mol. The standard InChI is InChI=1S/C18H14F3NO2S/c1-22-25(23,24)15-9-10-17-13(11-15)3-2-4-16(17)12-5-7-14(8-6-12)18(19,20)21/h2-11,22H,1H3. The van der Waals surface area contributed by atoms with Gasteiger partial charge in [-0.05, 0) is 53.2 Å². The van der Waals surface area contributed by atoms with Crippen molar-refractivity contribution in [3.05, 3.63) is 66.2 Å². The van der Waals surface area contributed by atoms with Gasteiger partial charge in [-0.15, -0.1) is 0 Å². The number of alkyl halides is 3. The summed E-state index contributed by atoms with van der Waals surface area (Å²) in [5.41, 5.74) is 0.654. The number of rotatable bonds is 3. The summed E-state index contributed by atoms with van der Waals surface area (Å²) in [4.78, 5) is 0.132. The fourth-order valence-electron chi connectivity index (χ4n) is 2.64. The lowest BCUT2D eigenvalue weighted by Gasteiger charge is -2.11. The molecule has 0 amide bonds. The Kier molecular flexibility index (Phi) is 4.30. The van der Waals surface area contributed by atoms with Crippen LogP contribution in [0.5, 0.6) is 0 Å². The zero-order chi connectivity index (χ0) is 18.2. The van der Waals surface area contributed by atoms with E-state index < -0.39 is 21.8 Å². The van der Waals surface area contributed by atoms with Crippen molar-refractivity contribution < 1.29 is 21.6 Å². The van der Waals surface area contributed by atoms with Gasteiger partial charge in [0.05, 0.1) is 10.5 Å². The van der Waals surface area contributed by atoms with Crippen molar-refractivity contribution in [1.29, 1.82) is 0 Å². The van der Waals surface area contributed by atoms with Crippen molar-refractivity contribution in [3.63, 3.8) is 0 Å². The Balaban J connectivity index is 2.12. The summed E-state index contributed by atoms with van der Waals surface area (Å²) in [6, 6.07) is 14.9. The van der Waals surface area contributed by atoms with Gasteiger partial charge in [0.25, 0.3) is 0 Å². The molecule has 7 heteroatoms. The molecule has 0 heterocycles. The average molecular weight is 365 g/mol. The number of hydrogen-bond acceptors (Lipinski definition) is 2. The molecule has 3 rings (SSSR count). The number of halogens is 3. The maximum Gasteiger partial charge on any atom is 0.416 e. The van der Waals surface area contributed by atoms with Crippen LogP contribution in [-0.4, -0.2) is 15.5 Å². The van der Waals surface area contributed by atoms with Crippen LogP contribution in [0.1, 0.15) is 5.56 Å². The van der Waals surface area contributed by atoms with Crippen molar-refractivity contribution in [3.8, 4) is 11.1 Å². The van der Waals surface area contributed by atoms with E-state index in [1.165, 1.54) is 31.3 Å². The summed E-state index contributed by atoms with van der Waals surface area (Å²) in [5, 5.41) is 1.45. The van der Waals surface area contributed by atoms with Crippen LogP contribution in [0.2, 0.25) is 0 Å². The highest BCUT2D eigenvalue weighted by Crippen LogP contribution is 2.33. The smallest absolute Gasteiger partial charge is 0.214 e. The van der Waals surface area contributed by atoms with E-state index in [0.717, 1.165) is 23.1 Å². The highest BCUT2D eigenvalue weighted by atomic mass is 32.2. The molecule has 0 fully saturated rings. The van der Waals surface area contributed by atoms with E-state index in [1.54, 1.807) is 24.3 Å². The molecule has 3 aromatic rings. The van der Waals surface area contributed by atoms with Crippen LogP contribution >= 0.6 is 0 Å². The largest absolute Gasteiger partial charge is 0.416 e. The van der Waals surface area contributed by atoms with Crippen LogP contribution in [0, 0.1) is 0 Å². The molecule has 130 valence electrons. The van der Waals surface area contributed by atoms with Gasteiger partial charge in [-0.25, -0.2) is 13.1 Å². The Labute approximate surface area is 143 Å². The number of hydrogen-bond donors (Lipinski definition) is 1. The van der Waals surface area contributed by atoms with Gasteiger partial charge in [0.1, 0.15) is 0 Å². The summed E-state index contributed by atoms with van der Waals surface area (Å²) in [5.74, 6) is 0. The van der Waals surface area contributed by atoms with E-state index in [1.807, 2.05) is 0 Å². The van der Waals surface area contributed by atoms with Gasteiger partial charge < -0.3 is 0 Å². The Hall–Kier alpha value is -2.38. The third-order valence-corrected chi connectivity index (χ3v) is 5.37. The van der Waals surface area contributed by atoms with E-state index in [0.29, 0.717) is 10.9 Å². The molecule has 3 nitrogen and oxygen atoms in total. The Morgan fingerprint density at radius 3 is 2.20 bits per heavy atom. The summed E-state index contributed by atoms with van der Waals surface area (Å²) in [7, 11) is -2.23. The van der Waals surface area contributed by atoms with Crippen molar-refractivity contribution in [2.24, 2.45) is 0 Å². The molecule has 1 N–H and O–H groups in total. The highest BCUT2D eigenvalue weighted by Gasteiger charge is 2.30. The van der Waals surface area contributed by atoms with E-state index in [9.17, 15) is 21.6 Å². The molecule has 0 aliphatic heterocycles. The Morgan fingerprint density at radius 2 is 1.60 bits per heavy atom. The van der Waals surface area contributed by atoms with Crippen LogP contribution < -0.4 is 4.72 Å². The van der Waals surface area contributed by atoms with Crippen LogP contribution in [0.25, 0.3) is 21.9 Å². The molecule has 0 aromatic heterocycles. The Bertz CT molecular complexity index is 1030. The van der Waals surface area contributed by atoms with Crippen molar-refractivity contribution in [2.45, 2.75) is 11.1 Å². The first kappa shape index (κ1) is 17.4. The van der Waals surface area contributed by atoms with Gasteiger partial charge in [-0.2, -0.15) is 13.2 Å². The summed E-state index contributed by atoms with van der Waals surface area (Å²) in [6.07, 6.45) is -4.38. The van der Waals surface area contributed by atoms with Crippen LogP contribution in [0.4, 0.5) is 13.2 Å². The van der Waals surface area contributed by atoms with Gasteiger partial charge in [-0.3, -0.25) is 0 Å². The number of nitrogens with one attached hydrogen (secondary N) is 1. The van der Waals surface area contributed by atoms with Crippen LogP contribution in [0.15, 0.2) is 65.6 Å². The quantitative estimate of drug-likeness (QED) is 0.746. The SMILES string of the molecule is CNS(=O)(=O)c1ccc2c(-c3ccc(C(F)(F)F)cc3)cccc2c1. The number of benzene rings is 3. The van der Waals surface area contributed by atoms with Gasteiger partial charge in [-0.1, -0.05) is 36.4 Å². The maximum absolute atomic E-state index is 12.7. The fraction of sp³-hybridized carbons (Fsp3) is 0.111. The maximum atomic E-state index is 12.7. The number of fused-ring (bicyclic) bond motifs is 1. The first-order valence-electron chi connectivity index (χ1n) is 7.36. The van der Waals surface area contributed by atoms with Crippen molar-refractivity contribution >= 4 is 20.8 Å². The molecule has 3 aromatic carbocycles. The molecule has 25 heavy (non-hydrogen) atoms. The van der Waals surface area contributed by atoms with Crippen molar-refractivity contribution in [2.75, 3.05) is 7.05 Å². The van der Waals surface area contributed by atoms with E-state index in [-0.39, 0.29) is 4.90 Å². The molecule has 0 spiro atoms.